The van der Waals surface area contributed by atoms with Crippen molar-refractivity contribution < 1.29 is 19.1 Å². The summed E-state index contributed by atoms with van der Waals surface area (Å²) in [7, 11) is 0. The first kappa shape index (κ1) is 15.5. The Morgan fingerprint density at radius 2 is 2.04 bits per heavy atom. The SMILES string of the molecule is CC1(C)Oc2ccc(N)nc2N(CC(=O)N2CCOCC2)C1=O. The van der Waals surface area contributed by atoms with Crippen molar-refractivity contribution in [2.75, 3.05) is 43.5 Å². The summed E-state index contributed by atoms with van der Waals surface area (Å²) in [5.41, 5.74) is 4.65. The number of anilines is 2. The summed E-state index contributed by atoms with van der Waals surface area (Å²) in [6.07, 6.45) is 0. The van der Waals surface area contributed by atoms with Gasteiger partial charge in [-0.2, -0.15) is 0 Å². The van der Waals surface area contributed by atoms with Crippen molar-refractivity contribution in [3.8, 4) is 5.75 Å². The normalized spacial score (nSPS) is 20.0. The molecule has 3 heterocycles. The zero-order valence-electron chi connectivity index (χ0n) is 13.2. The molecule has 2 amide bonds. The topological polar surface area (TPSA) is 98.0 Å². The molecule has 0 radical (unpaired) electrons. The van der Waals surface area contributed by atoms with E-state index in [1.807, 2.05) is 0 Å². The van der Waals surface area contributed by atoms with Crippen LogP contribution in [0.2, 0.25) is 0 Å². The second kappa shape index (κ2) is 5.69. The summed E-state index contributed by atoms with van der Waals surface area (Å²) in [5, 5.41) is 0. The van der Waals surface area contributed by atoms with Crippen LogP contribution in [-0.4, -0.2) is 60.1 Å². The number of fused-ring (bicyclic) bond motifs is 1. The molecule has 1 saturated heterocycles. The zero-order chi connectivity index (χ0) is 16.6. The number of nitrogens with two attached hydrogens (primary N) is 1. The van der Waals surface area contributed by atoms with Crippen molar-refractivity contribution >= 4 is 23.5 Å². The Balaban J connectivity index is 1.88. The van der Waals surface area contributed by atoms with Crippen LogP contribution in [0, 0.1) is 0 Å². The average molecular weight is 320 g/mol. The van der Waals surface area contributed by atoms with Crippen molar-refractivity contribution in [3.05, 3.63) is 12.1 Å². The molecule has 8 nitrogen and oxygen atoms in total. The van der Waals surface area contributed by atoms with Gasteiger partial charge in [0.2, 0.25) is 5.91 Å². The van der Waals surface area contributed by atoms with Crippen LogP contribution in [0.1, 0.15) is 13.8 Å². The first-order valence-corrected chi connectivity index (χ1v) is 7.51. The number of aromatic nitrogens is 1. The molecule has 124 valence electrons. The van der Waals surface area contributed by atoms with E-state index in [1.165, 1.54) is 4.90 Å². The summed E-state index contributed by atoms with van der Waals surface area (Å²) in [6.45, 7) is 5.32. The van der Waals surface area contributed by atoms with Crippen molar-refractivity contribution in [3.63, 3.8) is 0 Å². The molecular formula is C15H20N4O4. The van der Waals surface area contributed by atoms with Crippen molar-refractivity contribution in [1.29, 1.82) is 0 Å². The monoisotopic (exact) mass is 320 g/mol. The quantitative estimate of drug-likeness (QED) is 0.825. The Labute approximate surface area is 134 Å². The van der Waals surface area contributed by atoms with Gasteiger partial charge in [-0.1, -0.05) is 0 Å². The largest absolute Gasteiger partial charge is 0.474 e. The van der Waals surface area contributed by atoms with E-state index in [-0.39, 0.29) is 30.0 Å². The zero-order valence-corrected chi connectivity index (χ0v) is 13.2. The van der Waals surface area contributed by atoms with Crippen molar-refractivity contribution in [2.45, 2.75) is 19.4 Å². The third-order valence-corrected chi connectivity index (χ3v) is 3.90. The van der Waals surface area contributed by atoms with Gasteiger partial charge in [0, 0.05) is 13.1 Å². The van der Waals surface area contributed by atoms with Gasteiger partial charge in [0.25, 0.3) is 5.91 Å². The number of nitrogens with zero attached hydrogens (tertiary/aromatic N) is 3. The smallest absolute Gasteiger partial charge is 0.272 e. The molecule has 2 N–H and O–H groups in total. The Hall–Kier alpha value is -2.35. The van der Waals surface area contributed by atoms with Crippen molar-refractivity contribution in [1.82, 2.24) is 9.88 Å². The van der Waals surface area contributed by atoms with Crippen LogP contribution in [0.3, 0.4) is 0 Å². The lowest BCUT2D eigenvalue weighted by Gasteiger charge is -2.38. The molecule has 0 bridgehead atoms. The molecule has 0 aliphatic carbocycles. The van der Waals surface area contributed by atoms with Gasteiger partial charge in [0.1, 0.15) is 12.4 Å². The van der Waals surface area contributed by atoms with Crippen LogP contribution in [0.4, 0.5) is 11.6 Å². The maximum Gasteiger partial charge on any atom is 0.272 e. The van der Waals surface area contributed by atoms with Crippen LogP contribution in [-0.2, 0) is 14.3 Å². The molecule has 1 aromatic rings. The lowest BCUT2D eigenvalue weighted by molar-refractivity contribution is -0.138. The van der Waals surface area contributed by atoms with Gasteiger partial charge in [0.15, 0.2) is 17.2 Å². The molecule has 1 fully saturated rings. The van der Waals surface area contributed by atoms with Gasteiger partial charge >= 0.3 is 0 Å². The summed E-state index contributed by atoms with van der Waals surface area (Å²) in [4.78, 5) is 32.4. The fourth-order valence-corrected chi connectivity index (χ4v) is 2.66. The van der Waals surface area contributed by atoms with E-state index in [0.29, 0.717) is 32.1 Å². The van der Waals surface area contributed by atoms with Crippen LogP contribution < -0.4 is 15.4 Å². The lowest BCUT2D eigenvalue weighted by Crippen LogP contribution is -2.56. The number of rotatable bonds is 2. The molecule has 0 saturated carbocycles. The van der Waals surface area contributed by atoms with Crippen molar-refractivity contribution in [2.24, 2.45) is 0 Å². The lowest BCUT2D eigenvalue weighted by atomic mass is 10.1. The number of hydrogen-bond acceptors (Lipinski definition) is 6. The summed E-state index contributed by atoms with van der Waals surface area (Å²) in [5.74, 6) is 0.539. The van der Waals surface area contributed by atoms with E-state index in [4.69, 9.17) is 15.2 Å². The highest BCUT2D eigenvalue weighted by molar-refractivity contribution is 6.05. The van der Waals surface area contributed by atoms with Crippen LogP contribution in [0.5, 0.6) is 5.75 Å². The number of carbonyl (C=O) groups is 2. The van der Waals surface area contributed by atoms with Gasteiger partial charge in [-0.25, -0.2) is 4.98 Å². The number of morpholine rings is 1. The molecule has 3 rings (SSSR count). The number of carbonyl (C=O) groups excluding carboxylic acids is 2. The third-order valence-electron chi connectivity index (χ3n) is 3.90. The first-order valence-electron chi connectivity index (χ1n) is 7.51. The third kappa shape index (κ3) is 2.94. The van der Waals surface area contributed by atoms with E-state index in [0.717, 1.165) is 0 Å². The Morgan fingerprint density at radius 3 is 2.74 bits per heavy atom. The summed E-state index contributed by atoms with van der Waals surface area (Å²) >= 11 is 0. The average Bonchev–Trinajstić information content (AvgIpc) is 2.53. The number of amides is 2. The molecule has 8 heteroatoms. The minimum absolute atomic E-state index is 0.0882. The number of ether oxygens (including phenoxy) is 2. The van der Waals surface area contributed by atoms with Crippen LogP contribution in [0.25, 0.3) is 0 Å². The molecular weight excluding hydrogens is 300 g/mol. The second-order valence-corrected chi connectivity index (χ2v) is 6.05. The fourth-order valence-electron chi connectivity index (χ4n) is 2.66. The fraction of sp³-hybridized carbons (Fsp3) is 0.533. The van der Waals surface area contributed by atoms with Crippen LogP contribution in [0.15, 0.2) is 12.1 Å². The maximum atomic E-state index is 12.7. The predicted octanol–water partition coefficient (Wildman–Crippen LogP) is 0.0266. The van der Waals surface area contributed by atoms with Crippen LogP contribution >= 0.6 is 0 Å². The van der Waals surface area contributed by atoms with Gasteiger partial charge < -0.3 is 20.1 Å². The van der Waals surface area contributed by atoms with Gasteiger partial charge in [-0.05, 0) is 26.0 Å². The van der Waals surface area contributed by atoms with Gasteiger partial charge in [-0.3, -0.25) is 14.5 Å². The maximum absolute atomic E-state index is 12.7. The van der Waals surface area contributed by atoms with E-state index < -0.39 is 5.60 Å². The van der Waals surface area contributed by atoms with Gasteiger partial charge in [0.05, 0.1) is 13.2 Å². The molecule has 2 aliphatic rings. The Bertz CT molecular complexity index is 640. The summed E-state index contributed by atoms with van der Waals surface area (Å²) in [6, 6.07) is 3.27. The Morgan fingerprint density at radius 1 is 1.35 bits per heavy atom. The summed E-state index contributed by atoms with van der Waals surface area (Å²) < 4.78 is 10.9. The highest BCUT2D eigenvalue weighted by Gasteiger charge is 2.43. The van der Waals surface area contributed by atoms with E-state index in [9.17, 15) is 9.59 Å². The van der Waals surface area contributed by atoms with E-state index in [2.05, 4.69) is 4.98 Å². The molecule has 23 heavy (non-hydrogen) atoms. The molecule has 1 aromatic heterocycles. The number of pyridine rings is 1. The Kier molecular flexibility index (Phi) is 3.85. The molecule has 2 aliphatic heterocycles. The highest BCUT2D eigenvalue weighted by atomic mass is 16.5. The molecule has 0 unspecified atom stereocenters. The van der Waals surface area contributed by atoms with E-state index >= 15 is 0 Å². The van der Waals surface area contributed by atoms with Gasteiger partial charge in [-0.15, -0.1) is 0 Å². The molecule has 0 aromatic carbocycles. The standard InChI is InChI=1S/C15H20N4O4/c1-15(2)14(21)19(9-12(20)18-5-7-22-8-6-18)13-10(23-15)3-4-11(16)17-13/h3-4H,5-9H2,1-2H3,(H2,16,17). The molecule has 0 atom stereocenters. The number of nitrogen functional groups attached to an aromatic ring is 1. The minimum Gasteiger partial charge on any atom is -0.474 e. The number of hydrogen-bond donors (Lipinski definition) is 1. The highest BCUT2D eigenvalue weighted by Crippen LogP contribution is 2.36. The second-order valence-electron chi connectivity index (χ2n) is 6.05. The molecule has 0 spiro atoms. The minimum atomic E-state index is -1.06. The predicted molar refractivity (Wildman–Crippen MR) is 83.1 cm³/mol. The first-order chi connectivity index (χ1) is 10.9. The van der Waals surface area contributed by atoms with E-state index in [1.54, 1.807) is 30.9 Å².